The number of amides is 1. The molecule has 1 amide bonds. The maximum absolute atomic E-state index is 14.4. The molecule has 13 heteroatoms. The molecule has 0 spiro atoms. The average molecular weight is 469 g/mol. The molecule has 164 valence electrons. The third-order valence-electron chi connectivity index (χ3n) is 4.66. The number of aromatic nitrogens is 4. The van der Waals surface area contributed by atoms with Crippen molar-refractivity contribution in [1.29, 1.82) is 0 Å². The molecular weight excluding hydrogens is 450 g/mol. The van der Waals surface area contributed by atoms with Crippen LogP contribution in [0.25, 0.3) is 10.7 Å². The van der Waals surface area contributed by atoms with Gasteiger partial charge in [-0.25, -0.2) is 19.2 Å². The van der Waals surface area contributed by atoms with Gasteiger partial charge in [0, 0.05) is 25.7 Å². The van der Waals surface area contributed by atoms with E-state index in [0.29, 0.717) is 19.0 Å². The molecule has 1 aliphatic rings. The summed E-state index contributed by atoms with van der Waals surface area (Å²) in [6, 6.07) is 1.69. The zero-order chi connectivity index (χ0) is 22.1. The van der Waals surface area contributed by atoms with Crippen molar-refractivity contribution in [3.8, 4) is 10.7 Å². The molecule has 4 rings (SSSR count). The Morgan fingerprint density at radius 1 is 1.26 bits per heavy atom. The standard InChI is InChI=1S/C18H18F2N6O3S2/c1-9-13(30-17(21-9)26-3-5-29-6-4-26)15-22-23-18(25(15)2)31-14-11(19)7-10(8-12(14)20)16(27)24-28/h7-8,28H,3-6H2,1-2H3,(H,24,27). The van der Waals surface area contributed by atoms with Crippen LogP contribution in [0.5, 0.6) is 0 Å². The minimum atomic E-state index is -1.01. The Morgan fingerprint density at radius 2 is 1.94 bits per heavy atom. The highest BCUT2D eigenvalue weighted by atomic mass is 32.2. The molecule has 1 saturated heterocycles. The van der Waals surface area contributed by atoms with E-state index in [2.05, 4.69) is 20.1 Å². The van der Waals surface area contributed by atoms with Gasteiger partial charge in [-0.2, -0.15) is 0 Å². The number of morpholine rings is 1. The number of carbonyl (C=O) groups excluding carboxylic acids is 1. The zero-order valence-corrected chi connectivity index (χ0v) is 18.2. The second-order valence-electron chi connectivity index (χ2n) is 6.69. The van der Waals surface area contributed by atoms with Gasteiger partial charge in [-0.05, 0) is 30.8 Å². The number of thiazole rings is 1. The van der Waals surface area contributed by atoms with Crippen molar-refractivity contribution in [2.24, 2.45) is 7.05 Å². The maximum Gasteiger partial charge on any atom is 0.274 e. The highest BCUT2D eigenvalue weighted by molar-refractivity contribution is 7.99. The van der Waals surface area contributed by atoms with Crippen LogP contribution < -0.4 is 10.4 Å². The lowest BCUT2D eigenvalue weighted by molar-refractivity contribution is 0.0705. The molecule has 0 bridgehead atoms. The maximum atomic E-state index is 14.4. The van der Waals surface area contributed by atoms with Gasteiger partial charge in [0.2, 0.25) is 0 Å². The summed E-state index contributed by atoms with van der Waals surface area (Å²) in [5, 5.41) is 18.1. The second kappa shape index (κ2) is 8.86. The van der Waals surface area contributed by atoms with Crippen molar-refractivity contribution >= 4 is 34.1 Å². The summed E-state index contributed by atoms with van der Waals surface area (Å²) < 4.78 is 35.9. The number of nitrogens with zero attached hydrogens (tertiary/aromatic N) is 5. The predicted octanol–water partition coefficient (Wildman–Crippen LogP) is 2.63. The van der Waals surface area contributed by atoms with Crippen molar-refractivity contribution in [2.45, 2.75) is 17.0 Å². The number of carbonyl (C=O) groups is 1. The van der Waals surface area contributed by atoms with E-state index in [0.717, 1.165) is 52.7 Å². The first-order chi connectivity index (χ1) is 14.9. The first kappa shape index (κ1) is 21.6. The predicted molar refractivity (Wildman–Crippen MR) is 110 cm³/mol. The van der Waals surface area contributed by atoms with Gasteiger partial charge >= 0.3 is 0 Å². The van der Waals surface area contributed by atoms with Gasteiger partial charge in [-0.15, -0.1) is 10.2 Å². The van der Waals surface area contributed by atoms with Crippen LogP contribution in [-0.4, -0.2) is 57.2 Å². The normalized spacial score (nSPS) is 14.2. The fraction of sp³-hybridized carbons (Fsp3) is 0.333. The van der Waals surface area contributed by atoms with Crippen LogP contribution in [0.15, 0.2) is 22.2 Å². The van der Waals surface area contributed by atoms with Crippen molar-refractivity contribution < 1.29 is 23.5 Å². The van der Waals surface area contributed by atoms with Crippen LogP contribution in [0.1, 0.15) is 16.1 Å². The van der Waals surface area contributed by atoms with Gasteiger partial charge in [-0.1, -0.05) is 11.3 Å². The molecule has 31 heavy (non-hydrogen) atoms. The molecule has 0 unspecified atom stereocenters. The Labute approximate surface area is 184 Å². The molecule has 3 aromatic rings. The Bertz CT molecular complexity index is 1110. The van der Waals surface area contributed by atoms with Crippen molar-refractivity contribution in [1.82, 2.24) is 25.2 Å². The SMILES string of the molecule is Cc1nc(N2CCOCC2)sc1-c1nnc(Sc2c(F)cc(C(=O)NO)cc2F)n1C. The number of halogens is 2. The molecule has 1 fully saturated rings. The van der Waals surface area contributed by atoms with Gasteiger partial charge in [0.1, 0.15) is 11.6 Å². The van der Waals surface area contributed by atoms with E-state index in [1.807, 2.05) is 6.92 Å². The number of anilines is 1. The Hall–Kier alpha value is -2.61. The number of ether oxygens (including phenoxy) is 1. The molecule has 2 N–H and O–H groups in total. The molecule has 1 aromatic carbocycles. The summed E-state index contributed by atoms with van der Waals surface area (Å²) in [4.78, 5) is 18.7. The highest BCUT2D eigenvalue weighted by Gasteiger charge is 2.23. The lowest BCUT2D eigenvalue weighted by Gasteiger charge is -2.25. The number of nitrogens with one attached hydrogen (secondary N) is 1. The van der Waals surface area contributed by atoms with E-state index in [4.69, 9.17) is 9.94 Å². The van der Waals surface area contributed by atoms with E-state index >= 15 is 0 Å². The first-order valence-corrected chi connectivity index (χ1v) is 10.8. The van der Waals surface area contributed by atoms with Gasteiger partial charge in [0.15, 0.2) is 16.1 Å². The van der Waals surface area contributed by atoms with Gasteiger partial charge in [0.25, 0.3) is 5.91 Å². The van der Waals surface area contributed by atoms with Crippen molar-refractivity contribution in [3.63, 3.8) is 0 Å². The van der Waals surface area contributed by atoms with Crippen LogP contribution in [0, 0.1) is 18.6 Å². The summed E-state index contributed by atoms with van der Waals surface area (Å²) in [5.74, 6) is -2.37. The van der Waals surface area contributed by atoms with Gasteiger partial charge < -0.3 is 14.2 Å². The quantitative estimate of drug-likeness (QED) is 0.435. The van der Waals surface area contributed by atoms with Crippen LogP contribution in [0.3, 0.4) is 0 Å². The summed E-state index contributed by atoms with van der Waals surface area (Å²) in [7, 11) is 1.70. The van der Waals surface area contributed by atoms with E-state index in [1.165, 1.54) is 16.8 Å². The topological polar surface area (TPSA) is 105 Å². The first-order valence-electron chi connectivity index (χ1n) is 9.20. The summed E-state index contributed by atoms with van der Waals surface area (Å²) in [5.41, 5.74) is 1.80. The molecule has 9 nitrogen and oxygen atoms in total. The fourth-order valence-corrected chi connectivity index (χ4v) is 4.97. The number of hydrogen-bond donors (Lipinski definition) is 2. The molecule has 0 saturated carbocycles. The number of hydrogen-bond acceptors (Lipinski definition) is 9. The monoisotopic (exact) mass is 468 g/mol. The number of aryl methyl sites for hydroxylation is 1. The Morgan fingerprint density at radius 3 is 2.58 bits per heavy atom. The van der Waals surface area contributed by atoms with E-state index in [9.17, 15) is 13.6 Å². The van der Waals surface area contributed by atoms with Crippen molar-refractivity contribution in [2.75, 3.05) is 31.2 Å². The van der Waals surface area contributed by atoms with Crippen molar-refractivity contribution in [3.05, 3.63) is 35.0 Å². The summed E-state index contributed by atoms with van der Waals surface area (Å²) in [6.07, 6.45) is 0. The minimum absolute atomic E-state index is 0.271. The summed E-state index contributed by atoms with van der Waals surface area (Å²) in [6.45, 7) is 4.69. The lowest BCUT2D eigenvalue weighted by atomic mass is 10.2. The molecule has 1 aliphatic heterocycles. The lowest BCUT2D eigenvalue weighted by Crippen LogP contribution is -2.36. The van der Waals surface area contributed by atoms with E-state index < -0.39 is 17.5 Å². The third kappa shape index (κ3) is 4.26. The minimum Gasteiger partial charge on any atom is -0.378 e. The smallest absolute Gasteiger partial charge is 0.274 e. The molecule has 2 aromatic heterocycles. The third-order valence-corrected chi connectivity index (χ3v) is 7.01. The molecule has 0 aliphatic carbocycles. The number of hydroxylamine groups is 1. The van der Waals surface area contributed by atoms with Crippen LogP contribution in [-0.2, 0) is 11.8 Å². The zero-order valence-electron chi connectivity index (χ0n) is 16.6. The second-order valence-corrected chi connectivity index (χ2v) is 8.64. The largest absolute Gasteiger partial charge is 0.378 e. The molecule has 0 radical (unpaired) electrons. The number of rotatable bonds is 5. The van der Waals surface area contributed by atoms with Crippen LogP contribution in [0.2, 0.25) is 0 Å². The van der Waals surface area contributed by atoms with Crippen LogP contribution in [0.4, 0.5) is 13.9 Å². The number of benzene rings is 1. The molecule has 3 heterocycles. The summed E-state index contributed by atoms with van der Waals surface area (Å²) >= 11 is 2.23. The fourth-order valence-electron chi connectivity index (χ4n) is 3.03. The molecule has 0 atom stereocenters. The van der Waals surface area contributed by atoms with Gasteiger partial charge in [-0.3, -0.25) is 10.0 Å². The Kier molecular flexibility index (Phi) is 6.18. The van der Waals surface area contributed by atoms with Crippen LogP contribution >= 0.6 is 23.1 Å². The molecular formula is C18H18F2N6O3S2. The average Bonchev–Trinajstić information content (AvgIpc) is 3.32. The van der Waals surface area contributed by atoms with E-state index in [-0.39, 0.29) is 15.6 Å². The Balaban J connectivity index is 1.61. The highest BCUT2D eigenvalue weighted by Crippen LogP contribution is 2.37. The van der Waals surface area contributed by atoms with E-state index in [1.54, 1.807) is 11.6 Å². The van der Waals surface area contributed by atoms with Gasteiger partial charge in [0.05, 0.1) is 28.7 Å².